The van der Waals surface area contributed by atoms with Crippen molar-refractivity contribution >= 4 is 16.8 Å². The molecule has 220 valence electrons. The zero-order valence-corrected chi connectivity index (χ0v) is 25.7. The molecular formula is C42H34O3. The van der Waals surface area contributed by atoms with Gasteiger partial charge in [0.1, 0.15) is 17.2 Å². The molecule has 0 radical (unpaired) electrons. The standard InChI is InChI=1S/C42H34O3/c1-41(27-28-11-5-4-6-12-28)37-16-10-9-15-35(37)38-33-13-7-8-14-34(33)40-36(39(38)41)25-26-42(45-40,29-17-21-31(43-2)22-18-29)30-19-23-32(44-3)24-20-30/h4-26H,27H2,1-3H3. The van der Waals surface area contributed by atoms with Crippen LogP contribution in [0.25, 0.3) is 28.0 Å². The predicted octanol–water partition coefficient (Wildman–Crippen LogP) is 9.74. The summed E-state index contributed by atoms with van der Waals surface area (Å²) in [5, 5.41) is 2.32. The van der Waals surface area contributed by atoms with Crippen molar-refractivity contribution in [3.05, 3.63) is 167 Å². The number of rotatable bonds is 6. The summed E-state index contributed by atoms with van der Waals surface area (Å²) >= 11 is 0. The zero-order chi connectivity index (χ0) is 30.6. The maximum Gasteiger partial charge on any atom is 0.178 e. The lowest BCUT2D eigenvalue weighted by Gasteiger charge is -2.39. The van der Waals surface area contributed by atoms with Gasteiger partial charge in [-0.3, -0.25) is 0 Å². The molecule has 1 aliphatic heterocycles. The van der Waals surface area contributed by atoms with Crippen LogP contribution in [0.4, 0.5) is 0 Å². The highest BCUT2D eigenvalue weighted by Gasteiger charge is 2.46. The molecule has 1 atom stereocenters. The minimum Gasteiger partial charge on any atom is -0.497 e. The van der Waals surface area contributed by atoms with Gasteiger partial charge in [0.25, 0.3) is 0 Å². The third-order valence-electron chi connectivity index (χ3n) is 9.73. The van der Waals surface area contributed by atoms with Gasteiger partial charge in [0.2, 0.25) is 0 Å². The van der Waals surface area contributed by atoms with Crippen molar-refractivity contribution in [2.24, 2.45) is 0 Å². The molecule has 1 heterocycles. The van der Waals surface area contributed by atoms with E-state index in [0.29, 0.717) is 0 Å². The fraction of sp³-hybridized carbons (Fsp3) is 0.143. The molecular weight excluding hydrogens is 552 g/mol. The number of ether oxygens (including phenoxy) is 3. The van der Waals surface area contributed by atoms with Gasteiger partial charge in [-0.2, -0.15) is 0 Å². The lowest BCUT2D eigenvalue weighted by Crippen LogP contribution is -2.35. The summed E-state index contributed by atoms with van der Waals surface area (Å²) in [5.41, 5.74) is 8.71. The van der Waals surface area contributed by atoms with Crippen LogP contribution >= 0.6 is 0 Å². The first-order chi connectivity index (χ1) is 22.1. The third-order valence-corrected chi connectivity index (χ3v) is 9.73. The number of benzene rings is 6. The van der Waals surface area contributed by atoms with Gasteiger partial charge >= 0.3 is 0 Å². The van der Waals surface area contributed by atoms with E-state index in [4.69, 9.17) is 14.2 Å². The normalized spacial score (nSPS) is 17.2. The van der Waals surface area contributed by atoms with Crippen LogP contribution in [0.15, 0.2) is 133 Å². The molecule has 6 aromatic rings. The van der Waals surface area contributed by atoms with Crippen LogP contribution in [0.5, 0.6) is 17.2 Å². The molecule has 3 heteroatoms. The maximum atomic E-state index is 7.45. The minimum absolute atomic E-state index is 0.255. The Balaban J connectivity index is 1.41. The molecule has 2 aliphatic rings. The molecule has 0 spiro atoms. The van der Waals surface area contributed by atoms with E-state index in [2.05, 4.69) is 122 Å². The van der Waals surface area contributed by atoms with E-state index in [-0.39, 0.29) is 5.41 Å². The van der Waals surface area contributed by atoms with E-state index in [1.54, 1.807) is 14.2 Å². The second-order valence-electron chi connectivity index (χ2n) is 12.2. The first-order valence-corrected chi connectivity index (χ1v) is 15.5. The van der Waals surface area contributed by atoms with Gasteiger partial charge in [-0.25, -0.2) is 0 Å². The van der Waals surface area contributed by atoms with Gasteiger partial charge < -0.3 is 14.2 Å². The van der Waals surface area contributed by atoms with E-state index < -0.39 is 5.60 Å². The first kappa shape index (κ1) is 27.3. The Hall–Kier alpha value is -5.28. The first-order valence-electron chi connectivity index (χ1n) is 15.5. The molecule has 0 saturated carbocycles. The van der Waals surface area contributed by atoms with E-state index >= 15 is 0 Å². The van der Waals surface area contributed by atoms with Crippen molar-refractivity contribution in [2.45, 2.75) is 24.4 Å². The van der Waals surface area contributed by atoms with Crippen LogP contribution in [0.3, 0.4) is 0 Å². The van der Waals surface area contributed by atoms with Crippen molar-refractivity contribution in [1.82, 2.24) is 0 Å². The zero-order valence-electron chi connectivity index (χ0n) is 25.7. The Kier molecular flexibility index (Phi) is 6.32. The molecule has 1 aliphatic carbocycles. The highest BCUT2D eigenvalue weighted by Crippen LogP contribution is 2.59. The summed E-state index contributed by atoms with van der Waals surface area (Å²) in [4.78, 5) is 0. The van der Waals surface area contributed by atoms with Gasteiger partial charge in [0, 0.05) is 27.5 Å². The van der Waals surface area contributed by atoms with Gasteiger partial charge in [0.05, 0.1) is 14.2 Å². The number of hydrogen-bond acceptors (Lipinski definition) is 3. The SMILES string of the molecule is COc1ccc(C2(c3ccc(OC)cc3)C=Cc3c4c(c5ccccc5c3O2)-c2ccccc2C4(C)Cc2ccccc2)cc1. The second kappa shape index (κ2) is 10.4. The second-order valence-corrected chi connectivity index (χ2v) is 12.2. The van der Waals surface area contributed by atoms with E-state index in [9.17, 15) is 0 Å². The van der Waals surface area contributed by atoms with E-state index in [1.807, 2.05) is 24.3 Å². The van der Waals surface area contributed by atoms with Crippen LogP contribution in [0.1, 0.15) is 40.3 Å². The molecule has 0 amide bonds. The third kappa shape index (κ3) is 4.11. The smallest absolute Gasteiger partial charge is 0.178 e. The molecule has 0 saturated heterocycles. The number of methoxy groups -OCH3 is 2. The molecule has 0 fully saturated rings. The van der Waals surface area contributed by atoms with Crippen molar-refractivity contribution in [1.29, 1.82) is 0 Å². The molecule has 0 N–H and O–H groups in total. The maximum absolute atomic E-state index is 7.45. The highest BCUT2D eigenvalue weighted by atomic mass is 16.5. The Bertz CT molecular complexity index is 2030. The highest BCUT2D eigenvalue weighted by molar-refractivity contribution is 6.08. The Labute approximate surface area is 264 Å². The molecule has 6 aromatic carbocycles. The minimum atomic E-state index is -0.857. The molecule has 1 unspecified atom stereocenters. The molecule has 8 rings (SSSR count). The van der Waals surface area contributed by atoms with Crippen molar-refractivity contribution in [2.75, 3.05) is 14.2 Å². The Morgan fingerprint density at radius 2 is 1.20 bits per heavy atom. The number of hydrogen-bond donors (Lipinski definition) is 0. The summed E-state index contributed by atoms with van der Waals surface area (Å²) in [6.07, 6.45) is 5.44. The van der Waals surface area contributed by atoms with Crippen LogP contribution in [0.2, 0.25) is 0 Å². The molecule has 0 bridgehead atoms. The van der Waals surface area contributed by atoms with Gasteiger partial charge in [-0.05, 0) is 70.0 Å². The summed E-state index contributed by atoms with van der Waals surface area (Å²) in [5.74, 6) is 2.52. The summed E-state index contributed by atoms with van der Waals surface area (Å²) in [6, 6.07) is 44.9. The Morgan fingerprint density at radius 3 is 1.84 bits per heavy atom. The summed E-state index contributed by atoms with van der Waals surface area (Å²) < 4.78 is 18.5. The fourth-order valence-corrected chi connectivity index (χ4v) is 7.60. The van der Waals surface area contributed by atoms with E-state index in [0.717, 1.165) is 45.7 Å². The quantitative estimate of drug-likeness (QED) is 0.194. The van der Waals surface area contributed by atoms with Gasteiger partial charge in [-0.15, -0.1) is 0 Å². The van der Waals surface area contributed by atoms with Crippen molar-refractivity contribution in [3.63, 3.8) is 0 Å². The van der Waals surface area contributed by atoms with Crippen molar-refractivity contribution < 1.29 is 14.2 Å². The lowest BCUT2D eigenvalue weighted by atomic mass is 9.72. The fourth-order valence-electron chi connectivity index (χ4n) is 7.60. The van der Waals surface area contributed by atoms with Crippen LogP contribution in [-0.4, -0.2) is 14.2 Å². The van der Waals surface area contributed by atoms with E-state index in [1.165, 1.54) is 33.2 Å². The average Bonchev–Trinajstić information content (AvgIpc) is 3.37. The Morgan fingerprint density at radius 1 is 0.622 bits per heavy atom. The average molecular weight is 587 g/mol. The lowest BCUT2D eigenvalue weighted by molar-refractivity contribution is 0.163. The van der Waals surface area contributed by atoms with Gasteiger partial charge in [-0.1, -0.05) is 116 Å². The van der Waals surface area contributed by atoms with Crippen LogP contribution in [0, 0.1) is 0 Å². The topological polar surface area (TPSA) is 27.7 Å². The van der Waals surface area contributed by atoms with Crippen LogP contribution in [-0.2, 0) is 17.4 Å². The largest absolute Gasteiger partial charge is 0.497 e. The summed E-state index contributed by atoms with van der Waals surface area (Å²) in [7, 11) is 3.39. The predicted molar refractivity (Wildman–Crippen MR) is 182 cm³/mol. The number of fused-ring (bicyclic) bond motifs is 8. The summed E-state index contributed by atoms with van der Waals surface area (Å²) in [6.45, 7) is 2.41. The van der Waals surface area contributed by atoms with Crippen LogP contribution < -0.4 is 14.2 Å². The molecule has 45 heavy (non-hydrogen) atoms. The van der Waals surface area contributed by atoms with Crippen molar-refractivity contribution in [3.8, 4) is 28.4 Å². The molecule has 0 aromatic heterocycles. The molecule has 3 nitrogen and oxygen atoms in total. The van der Waals surface area contributed by atoms with Gasteiger partial charge in [0.15, 0.2) is 5.60 Å². The monoisotopic (exact) mass is 586 g/mol.